The van der Waals surface area contributed by atoms with E-state index in [2.05, 4.69) is 18.5 Å². The summed E-state index contributed by atoms with van der Waals surface area (Å²) in [4.78, 5) is 9.06. The minimum Gasteiger partial charge on any atom is -0.480 e. The summed E-state index contributed by atoms with van der Waals surface area (Å²) in [6.45, 7) is 7.90. The summed E-state index contributed by atoms with van der Waals surface area (Å²) in [6.07, 6.45) is 11.3. The summed E-state index contributed by atoms with van der Waals surface area (Å²) >= 11 is 0. The molecule has 1 aliphatic carbocycles. The van der Waals surface area contributed by atoms with Gasteiger partial charge in [-0.3, -0.25) is 4.99 Å². The van der Waals surface area contributed by atoms with Crippen molar-refractivity contribution in [2.45, 2.75) is 51.5 Å². The number of hydrogen-bond donors (Lipinski definition) is 0. The van der Waals surface area contributed by atoms with E-state index < -0.39 is 0 Å². The number of hydrogen-bond acceptors (Lipinski definition) is 3. The van der Waals surface area contributed by atoms with Crippen molar-refractivity contribution in [1.29, 1.82) is 0 Å². The molecule has 0 spiro atoms. The lowest BCUT2D eigenvalue weighted by atomic mass is 9.84. The molecule has 0 unspecified atom stereocenters. The van der Waals surface area contributed by atoms with E-state index in [0.717, 1.165) is 12.8 Å². The molecule has 0 atom stereocenters. The number of ether oxygens (including phenoxy) is 1. The van der Waals surface area contributed by atoms with Crippen molar-refractivity contribution < 1.29 is 4.74 Å². The van der Waals surface area contributed by atoms with Crippen molar-refractivity contribution in [2.75, 3.05) is 7.11 Å². The minimum atomic E-state index is -0.0106. The fourth-order valence-electron chi connectivity index (χ4n) is 2.23. The van der Waals surface area contributed by atoms with E-state index in [-0.39, 0.29) is 5.54 Å². The molecule has 0 aromatic heterocycles. The van der Waals surface area contributed by atoms with Gasteiger partial charge in [0.2, 0.25) is 5.90 Å². The van der Waals surface area contributed by atoms with Gasteiger partial charge in [-0.2, -0.15) is 0 Å². The van der Waals surface area contributed by atoms with Crippen molar-refractivity contribution >= 4 is 11.6 Å². The van der Waals surface area contributed by atoms with Crippen LogP contribution < -0.4 is 0 Å². The van der Waals surface area contributed by atoms with E-state index in [0.29, 0.717) is 11.6 Å². The molecule has 0 radical (unpaired) electrons. The van der Waals surface area contributed by atoms with Gasteiger partial charge in [0.05, 0.1) is 12.6 Å². The Hall–Kier alpha value is -1.38. The molecule has 0 heterocycles. The normalized spacial score (nSPS) is 21.1. The maximum atomic E-state index is 5.38. The molecule has 3 nitrogen and oxygen atoms in total. The van der Waals surface area contributed by atoms with Gasteiger partial charge in [0.25, 0.3) is 0 Å². The van der Waals surface area contributed by atoms with Crippen molar-refractivity contribution in [2.24, 2.45) is 9.98 Å². The van der Waals surface area contributed by atoms with E-state index in [4.69, 9.17) is 9.73 Å². The topological polar surface area (TPSA) is 34.0 Å². The van der Waals surface area contributed by atoms with Gasteiger partial charge in [-0.05, 0) is 32.8 Å². The highest BCUT2D eigenvalue weighted by Gasteiger charge is 2.27. The van der Waals surface area contributed by atoms with Gasteiger partial charge >= 0.3 is 0 Å². The first-order chi connectivity index (χ1) is 8.65. The third kappa shape index (κ3) is 4.13. The molecular weight excluding hydrogens is 224 g/mol. The van der Waals surface area contributed by atoms with Crippen molar-refractivity contribution in [1.82, 2.24) is 0 Å². The molecular formula is C15H24N2O. The molecule has 0 aromatic rings. The van der Waals surface area contributed by atoms with Crippen LogP contribution in [0.3, 0.4) is 0 Å². The number of nitrogens with zero attached hydrogens (tertiary/aromatic N) is 2. The summed E-state index contributed by atoms with van der Waals surface area (Å²) in [5.41, 5.74) is 0.686. The Morgan fingerprint density at radius 2 is 1.94 bits per heavy atom. The maximum absolute atomic E-state index is 5.38. The predicted octanol–water partition coefficient (Wildman–Crippen LogP) is 3.91. The fourth-order valence-corrected chi connectivity index (χ4v) is 2.23. The molecule has 1 fully saturated rings. The Morgan fingerprint density at radius 1 is 1.28 bits per heavy atom. The van der Waals surface area contributed by atoms with Crippen LogP contribution in [0.1, 0.15) is 46.0 Å². The summed E-state index contributed by atoms with van der Waals surface area (Å²) in [6, 6.07) is 0. The second kappa shape index (κ2) is 7.14. The summed E-state index contributed by atoms with van der Waals surface area (Å²) in [5, 5.41) is 0. The molecule has 0 saturated heterocycles. The van der Waals surface area contributed by atoms with E-state index in [1.165, 1.54) is 19.3 Å². The predicted molar refractivity (Wildman–Crippen MR) is 78.4 cm³/mol. The molecule has 1 rings (SSSR count). The van der Waals surface area contributed by atoms with Gasteiger partial charge < -0.3 is 4.74 Å². The molecule has 0 aromatic carbocycles. The van der Waals surface area contributed by atoms with Gasteiger partial charge in [0.1, 0.15) is 5.71 Å². The van der Waals surface area contributed by atoms with E-state index in [1.54, 1.807) is 19.4 Å². The zero-order valence-electron chi connectivity index (χ0n) is 11.8. The Balaban J connectivity index is 2.95. The summed E-state index contributed by atoms with van der Waals surface area (Å²) in [7, 11) is 1.64. The standard InChI is InChI=1S/C15H24N2O/c1-5-12-16-13(6-2)14(18-4)17-15(3)10-8-7-9-11-15/h5-6,12H,2,7-11H2,1,3-4H3/b12-5-,16-13?,17-14?. The highest BCUT2D eigenvalue weighted by molar-refractivity contribution is 6.43. The lowest BCUT2D eigenvalue weighted by Gasteiger charge is -2.30. The molecule has 0 N–H and O–H groups in total. The number of methoxy groups -OCH3 is 1. The molecule has 18 heavy (non-hydrogen) atoms. The first-order valence-corrected chi connectivity index (χ1v) is 6.61. The Labute approximate surface area is 110 Å². The SMILES string of the molecule is C=CC(=N/C=C\C)C(=NC1(C)CCCCC1)OC. The van der Waals surface area contributed by atoms with Crippen molar-refractivity contribution in [3.8, 4) is 0 Å². The van der Waals surface area contributed by atoms with Crippen molar-refractivity contribution in [3.63, 3.8) is 0 Å². The minimum absolute atomic E-state index is 0.0106. The average molecular weight is 248 g/mol. The van der Waals surface area contributed by atoms with Crippen molar-refractivity contribution in [3.05, 3.63) is 24.9 Å². The second-order valence-corrected chi connectivity index (χ2v) is 4.88. The molecule has 100 valence electrons. The van der Waals surface area contributed by atoms with E-state index in [9.17, 15) is 0 Å². The second-order valence-electron chi connectivity index (χ2n) is 4.88. The molecule has 3 heteroatoms. The Bertz CT molecular complexity index is 361. The average Bonchev–Trinajstić information content (AvgIpc) is 2.38. The summed E-state index contributed by atoms with van der Waals surface area (Å²) in [5.74, 6) is 0.590. The zero-order chi connectivity index (χ0) is 13.4. The largest absolute Gasteiger partial charge is 0.480 e. The summed E-state index contributed by atoms with van der Waals surface area (Å²) < 4.78 is 5.38. The fraction of sp³-hybridized carbons (Fsp3) is 0.600. The van der Waals surface area contributed by atoms with Gasteiger partial charge in [-0.15, -0.1) is 0 Å². The number of aliphatic imine (C=N–C) groups is 2. The number of allylic oxidation sites excluding steroid dienone is 1. The van der Waals surface area contributed by atoms with Crippen LogP contribution in [0.15, 0.2) is 34.9 Å². The highest BCUT2D eigenvalue weighted by Crippen LogP contribution is 2.31. The van der Waals surface area contributed by atoms with Gasteiger partial charge in [-0.25, -0.2) is 4.99 Å². The lowest BCUT2D eigenvalue weighted by Crippen LogP contribution is -2.29. The number of rotatable bonds is 4. The molecule has 0 aliphatic heterocycles. The molecule has 0 bridgehead atoms. The molecule has 1 saturated carbocycles. The van der Waals surface area contributed by atoms with Gasteiger partial charge in [0, 0.05) is 6.20 Å². The van der Waals surface area contributed by atoms with Crippen LogP contribution >= 0.6 is 0 Å². The molecule has 0 amide bonds. The highest BCUT2D eigenvalue weighted by atomic mass is 16.5. The van der Waals surface area contributed by atoms with E-state index >= 15 is 0 Å². The van der Waals surface area contributed by atoms with Crippen LogP contribution in [-0.2, 0) is 4.74 Å². The maximum Gasteiger partial charge on any atom is 0.235 e. The van der Waals surface area contributed by atoms with Gasteiger partial charge in [0.15, 0.2) is 0 Å². The zero-order valence-corrected chi connectivity index (χ0v) is 11.8. The third-order valence-electron chi connectivity index (χ3n) is 3.27. The van der Waals surface area contributed by atoms with Crippen LogP contribution in [0.4, 0.5) is 0 Å². The van der Waals surface area contributed by atoms with Crippen LogP contribution in [0.25, 0.3) is 0 Å². The first kappa shape index (κ1) is 14.7. The Kier molecular flexibility index (Phi) is 5.83. The Morgan fingerprint density at radius 3 is 2.44 bits per heavy atom. The lowest BCUT2D eigenvalue weighted by molar-refractivity contribution is 0.312. The smallest absolute Gasteiger partial charge is 0.235 e. The van der Waals surface area contributed by atoms with Gasteiger partial charge in [-0.1, -0.05) is 31.9 Å². The third-order valence-corrected chi connectivity index (χ3v) is 3.27. The van der Waals surface area contributed by atoms with E-state index in [1.807, 2.05) is 13.0 Å². The quantitative estimate of drug-likeness (QED) is 0.548. The van der Waals surface area contributed by atoms with Crippen LogP contribution in [0, 0.1) is 0 Å². The monoisotopic (exact) mass is 248 g/mol. The van der Waals surface area contributed by atoms with Crippen LogP contribution in [-0.4, -0.2) is 24.3 Å². The van der Waals surface area contributed by atoms with Crippen LogP contribution in [0.5, 0.6) is 0 Å². The van der Waals surface area contributed by atoms with Crippen LogP contribution in [0.2, 0.25) is 0 Å². The molecule has 1 aliphatic rings. The first-order valence-electron chi connectivity index (χ1n) is 6.61.